The summed E-state index contributed by atoms with van der Waals surface area (Å²) in [5, 5.41) is 115. The van der Waals surface area contributed by atoms with Crippen LogP contribution < -0.4 is 41.6 Å². The molecule has 4 saturated heterocycles. The number of nitro groups is 2. The van der Waals surface area contributed by atoms with Gasteiger partial charge in [-0.05, 0) is 64.0 Å². The van der Waals surface area contributed by atoms with Crippen molar-refractivity contribution in [3.8, 4) is 11.5 Å². The molecular weight excluding hydrogens is 1060 g/mol. The van der Waals surface area contributed by atoms with Gasteiger partial charge in [0.15, 0.2) is 0 Å². The van der Waals surface area contributed by atoms with E-state index in [0.29, 0.717) is 50.4 Å². The van der Waals surface area contributed by atoms with Crippen molar-refractivity contribution in [2.75, 3.05) is 129 Å². The molecule has 4 aliphatic rings. The highest BCUT2D eigenvalue weighted by atomic mass is 16.7. The number of nitrogens with one attached hydrogen (secondary N) is 4. The van der Waals surface area contributed by atoms with Crippen LogP contribution in [0.25, 0.3) is 0 Å². The van der Waals surface area contributed by atoms with Gasteiger partial charge < -0.3 is 101 Å². The van der Waals surface area contributed by atoms with E-state index in [-0.39, 0.29) is 35.7 Å². The van der Waals surface area contributed by atoms with Crippen molar-refractivity contribution in [1.82, 2.24) is 30.2 Å². The van der Waals surface area contributed by atoms with Crippen molar-refractivity contribution in [3.63, 3.8) is 0 Å². The van der Waals surface area contributed by atoms with Crippen molar-refractivity contribution < 1.29 is 79.2 Å². The number of amides is 2. The fourth-order valence-electron chi connectivity index (χ4n) is 9.82. The lowest BCUT2D eigenvalue weighted by Gasteiger charge is -2.39. The van der Waals surface area contributed by atoms with Gasteiger partial charge in [0.25, 0.3) is 34.0 Å². The van der Waals surface area contributed by atoms with Gasteiger partial charge in [-0.3, -0.25) is 39.4 Å². The molecule has 3 aromatic carbocycles. The van der Waals surface area contributed by atoms with Crippen LogP contribution >= 0.6 is 0 Å². The van der Waals surface area contributed by atoms with Crippen LogP contribution in [0, 0.1) is 20.2 Å². The summed E-state index contributed by atoms with van der Waals surface area (Å²) in [6.07, 6.45) is -13.3. The van der Waals surface area contributed by atoms with E-state index < -0.39 is 119 Å². The fraction of sp³-hybridized carbons (Fsp3) is 0.640. The maximum absolute atomic E-state index is 13.0. The van der Waals surface area contributed by atoms with Gasteiger partial charge in [-0.2, -0.15) is 0 Å². The maximum atomic E-state index is 13.0. The van der Waals surface area contributed by atoms with Crippen molar-refractivity contribution in [1.29, 1.82) is 0 Å². The van der Waals surface area contributed by atoms with E-state index >= 15 is 0 Å². The second-order valence-electron chi connectivity index (χ2n) is 20.1. The SMILES string of the molecule is O=C(NCCCN1CCN(CCCNc2c(NCCCN3CCN(CCCNC(=O)c4cc(O[C@H]5O[C@@H](CO)[C@@H](O)[C@@H](O)[C@H]5O)cc([N+](=O)[O-])c4)CC3)c(=O)c2=O)CC1)c1cc(O[C@H]2O[C@H](CO)[C@H](O)[C@H](O)[C@H]2O)cc([N+](=O)[O-])c1. The number of anilines is 2. The molecule has 7 rings (SSSR count). The number of hydrogen-bond donors (Lipinski definition) is 12. The maximum Gasteiger partial charge on any atom is 0.273 e. The van der Waals surface area contributed by atoms with Crippen molar-refractivity contribution >= 4 is 34.6 Å². The van der Waals surface area contributed by atoms with E-state index in [4.69, 9.17) is 18.9 Å². The third-order valence-electron chi connectivity index (χ3n) is 14.5. The lowest BCUT2D eigenvalue weighted by Crippen LogP contribution is -2.60. The standard InChI is InChI=1S/C50H72N10O20/c61-27-35-39(63)43(67)45(69)49(79-35)77-33-23-29(21-31(25-33)59(73)74)47(71)53-7-3-11-57-17-13-55(14-18-57)9-1-5-51-37-38(42(66)41(37)65)52-6-2-10-56-15-19-58(20-16-56)12-4-8-54-48(72)30-22-32(60(75)76)26-34(24-30)78-50-46(70)44(68)40(64)36(28-62)80-50/h21-26,35-36,39-40,43-46,49-52,61-64,67-70H,1-20,27-28H2,(H,53,71)(H,54,72)/t35-,36+,39+,40-,43+,44-,45-,46-,49+,50+/m1/s1. The van der Waals surface area contributed by atoms with Crippen LogP contribution in [0.15, 0.2) is 46.0 Å². The predicted octanol–water partition coefficient (Wildman–Crippen LogP) is -4.06. The second kappa shape index (κ2) is 29.0. The second-order valence-corrected chi connectivity index (χ2v) is 20.1. The number of aliphatic hydroxyl groups is 8. The van der Waals surface area contributed by atoms with Gasteiger partial charge in [-0.15, -0.1) is 0 Å². The molecule has 30 nitrogen and oxygen atoms in total. The molecule has 0 saturated carbocycles. The number of ether oxygens (including phenoxy) is 4. The quantitative estimate of drug-likeness (QED) is 0.0142. The van der Waals surface area contributed by atoms with E-state index in [1.807, 2.05) is 0 Å². The zero-order valence-electron chi connectivity index (χ0n) is 44.0. The molecule has 0 unspecified atom stereocenters. The average Bonchev–Trinajstić information content (AvgIpc) is 3.49. The van der Waals surface area contributed by atoms with Crippen LogP contribution in [0.4, 0.5) is 22.7 Å². The molecule has 0 aromatic heterocycles. The molecule has 0 spiro atoms. The zero-order chi connectivity index (χ0) is 57.6. The summed E-state index contributed by atoms with van der Waals surface area (Å²) in [6, 6.07) is 6.63. The molecule has 0 bridgehead atoms. The smallest absolute Gasteiger partial charge is 0.273 e. The molecule has 4 aliphatic heterocycles. The minimum absolute atomic E-state index is 0.0854. The summed E-state index contributed by atoms with van der Waals surface area (Å²) in [6.45, 7) is 9.57. The Hall–Kier alpha value is -6.10. The minimum atomic E-state index is -1.75. The summed E-state index contributed by atoms with van der Waals surface area (Å²) >= 11 is 0. The molecule has 30 heteroatoms. The van der Waals surface area contributed by atoms with Gasteiger partial charge in [0.05, 0.1) is 35.2 Å². The van der Waals surface area contributed by atoms with Crippen molar-refractivity contribution in [2.24, 2.45) is 0 Å². The van der Waals surface area contributed by atoms with Crippen molar-refractivity contribution in [3.05, 3.63) is 88.2 Å². The first-order valence-electron chi connectivity index (χ1n) is 26.7. The van der Waals surface area contributed by atoms with Gasteiger partial charge in [0, 0.05) is 102 Å². The number of piperazine rings is 2. The Morgan fingerprint density at radius 2 is 0.838 bits per heavy atom. The highest BCUT2D eigenvalue weighted by Crippen LogP contribution is 2.30. The summed E-state index contributed by atoms with van der Waals surface area (Å²) in [5.41, 5.74) is -1.58. The fourth-order valence-corrected chi connectivity index (χ4v) is 9.82. The van der Waals surface area contributed by atoms with E-state index in [2.05, 4.69) is 40.9 Å². The number of carbonyl (C=O) groups excluding carboxylic acids is 2. The number of non-ortho nitro benzene ring substituents is 2. The third kappa shape index (κ3) is 16.1. The Kier molecular flexibility index (Phi) is 22.3. The van der Waals surface area contributed by atoms with Gasteiger partial charge in [-0.25, -0.2) is 0 Å². The lowest BCUT2D eigenvalue weighted by atomic mass is 9.99. The number of nitrogens with zero attached hydrogens (tertiary/aromatic N) is 6. The van der Waals surface area contributed by atoms with E-state index in [0.717, 1.165) is 103 Å². The molecule has 12 N–H and O–H groups in total. The monoisotopic (exact) mass is 1130 g/mol. The lowest BCUT2D eigenvalue weighted by molar-refractivity contribution is -0.385. The van der Waals surface area contributed by atoms with E-state index in [1.54, 1.807) is 0 Å². The number of hydrogen-bond acceptors (Lipinski definition) is 26. The van der Waals surface area contributed by atoms with Crippen LogP contribution in [-0.4, -0.2) is 261 Å². The Labute approximate surface area is 458 Å². The van der Waals surface area contributed by atoms with Gasteiger partial charge >= 0.3 is 0 Å². The number of aliphatic hydroxyl groups excluding tert-OH is 8. The normalized spacial score (nSPS) is 26.1. The molecule has 2 amide bonds. The van der Waals surface area contributed by atoms with Crippen LogP contribution in [0.3, 0.4) is 0 Å². The number of rotatable bonds is 28. The highest BCUT2D eigenvalue weighted by molar-refractivity contribution is 5.96. The summed E-state index contributed by atoms with van der Waals surface area (Å²) in [7, 11) is 0. The Morgan fingerprint density at radius 3 is 1.15 bits per heavy atom. The van der Waals surface area contributed by atoms with Crippen LogP contribution in [0.5, 0.6) is 11.5 Å². The largest absolute Gasteiger partial charge is 0.462 e. The molecule has 10 atom stereocenters. The molecule has 4 heterocycles. The highest BCUT2D eigenvalue weighted by Gasteiger charge is 2.46. The number of carbonyl (C=O) groups is 2. The molecule has 80 heavy (non-hydrogen) atoms. The molecule has 0 aliphatic carbocycles. The number of nitro benzene ring substituents is 2. The third-order valence-corrected chi connectivity index (χ3v) is 14.5. The Morgan fingerprint density at radius 1 is 0.512 bits per heavy atom. The predicted molar refractivity (Wildman–Crippen MR) is 282 cm³/mol. The van der Waals surface area contributed by atoms with Crippen LogP contribution in [0.1, 0.15) is 46.4 Å². The van der Waals surface area contributed by atoms with Crippen LogP contribution in [-0.2, 0) is 9.47 Å². The van der Waals surface area contributed by atoms with Gasteiger partial charge in [0.2, 0.25) is 12.6 Å². The first-order valence-corrected chi connectivity index (χ1v) is 26.7. The topological polar surface area (TPSA) is 414 Å². The average molecular weight is 1130 g/mol. The van der Waals surface area contributed by atoms with Gasteiger partial charge in [0.1, 0.15) is 71.7 Å². The van der Waals surface area contributed by atoms with E-state index in [1.165, 1.54) is 12.1 Å². The van der Waals surface area contributed by atoms with E-state index in [9.17, 15) is 80.3 Å². The molecule has 3 aromatic rings. The molecule has 442 valence electrons. The molecular formula is C50H72N10O20. The summed E-state index contributed by atoms with van der Waals surface area (Å²) in [4.78, 5) is 81.9. The molecule has 4 fully saturated rings. The first-order chi connectivity index (χ1) is 38.3. The first kappa shape index (κ1) is 61.5. The Balaban J connectivity index is 0.723. The summed E-state index contributed by atoms with van der Waals surface area (Å²) < 4.78 is 21.7. The van der Waals surface area contributed by atoms with Crippen molar-refractivity contribution in [2.45, 2.75) is 87.1 Å². The minimum Gasteiger partial charge on any atom is -0.462 e. The number of benzene rings is 2. The van der Waals surface area contributed by atoms with Crippen LogP contribution in [0.2, 0.25) is 0 Å². The van der Waals surface area contributed by atoms with Gasteiger partial charge in [-0.1, -0.05) is 0 Å². The summed E-state index contributed by atoms with van der Waals surface area (Å²) in [5.74, 6) is -1.61. The zero-order valence-corrected chi connectivity index (χ0v) is 44.0. The molecule has 0 radical (unpaired) electrons. The Bertz CT molecular complexity index is 2450.